The summed E-state index contributed by atoms with van der Waals surface area (Å²) in [5.74, 6) is 0. The van der Waals surface area contributed by atoms with Crippen molar-refractivity contribution in [2.24, 2.45) is 0 Å². The van der Waals surface area contributed by atoms with Crippen LogP contribution in [0.2, 0.25) is 0 Å². The van der Waals surface area contributed by atoms with Crippen LogP contribution in [-0.2, 0) is 0 Å². The highest BCUT2D eigenvalue weighted by Crippen LogP contribution is 2.19. The van der Waals surface area contributed by atoms with Crippen molar-refractivity contribution in [1.82, 2.24) is 20.4 Å². The summed E-state index contributed by atoms with van der Waals surface area (Å²) < 4.78 is -0.0668. The van der Waals surface area contributed by atoms with Crippen molar-refractivity contribution >= 4 is 58.5 Å². The number of halogens is 4. The van der Waals surface area contributed by atoms with E-state index in [4.69, 9.17) is 46.4 Å². The summed E-state index contributed by atoms with van der Waals surface area (Å²) in [7, 11) is 0. The van der Waals surface area contributed by atoms with E-state index in [9.17, 15) is 9.59 Å². The molecule has 6 nitrogen and oxygen atoms in total. The van der Waals surface area contributed by atoms with Gasteiger partial charge in [0.2, 0.25) is 0 Å². The van der Waals surface area contributed by atoms with E-state index in [-0.39, 0.29) is 34.1 Å². The summed E-state index contributed by atoms with van der Waals surface area (Å²) in [4.78, 5) is 27.3. The van der Waals surface area contributed by atoms with E-state index in [0.717, 1.165) is 0 Å². The molecule has 0 aliphatic carbocycles. The van der Waals surface area contributed by atoms with Gasteiger partial charge in [-0.05, 0) is 41.5 Å². The maximum atomic E-state index is 12.3. The number of hydrogen-bond donors (Lipinski definition) is 2. The molecule has 26 heavy (non-hydrogen) atoms. The molecule has 0 aliphatic rings. The fraction of sp³-hybridized carbons (Fsp3) is 0.625. The molecule has 150 valence electrons. The Labute approximate surface area is 175 Å². The van der Waals surface area contributed by atoms with Gasteiger partial charge in [-0.2, -0.15) is 0 Å². The van der Waals surface area contributed by atoms with Crippen LogP contribution in [0.25, 0.3) is 0 Å². The lowest BCUT2D eigenvalue weighted by Gasteiger charge is -2.33. The molecule has 0 heterocycles. The summed E-state index contributed by atoms with van der Waals surface area (Å²) in [6.45, 7) is 11.4. The number of carbonyl (C=O) groups excluding carboxylic acids is 2. The Kier molecular flexibility index (Phi) is 10.2. The molecule has 0 fully saturated rings. The van der Waals surface area contributed by atoms with Crippen LogP contribution in [0.1, 0.15) is 41.5 Å². The maximum Gasteiger partial charge on any atom is 0.322 e. The standard InChI is InChI=1S/C16H26Cl4N4O2/c1-15(2,3)23(9-11(17)18)13(25)21-7-8-22-14(26)24(10-12(19)20)16(4,5)6/h9-10H,7-8H2,1-6H3,(H,21,25)(H,22,26). The van der Waals surface area contributed by atoms with Crippen molar-refractivity contribution in [3.05, 3.63) is 21.4 Å². The minimum atomic E-state index is -0.521. The second-order valence-electron chi connectivity index (χ2n) is 7.38. The highest BCUT2D eigenvalue weighted by molar-refractivity contribution is 6.56. The highest BCUT2D eigenvalue weighted by Gasteiger charge is 2.26. The number of amides is 4. The molecule has 0 saturated heterocycles. The number of nitrogens with one attached hydrogen (secondary N) is 2. The average Bonchev–Trinajstić information content (AvgIpc) is 2.43. The quantitative estimate of drug-likeness (QED) is 0.571. The largest absolute Gasteiger partial charge is 0.336 e. The second kappa shape index (κ2) is 10.5. The summed E-state index contributed by atoms with van der Waals surface area (Å²) in [5, 5.41) is 5.39. The Morgan fingerprint density at radius 1 is 0.731 bits per heavy atom. The van der Waals surface area contributed by atoms with Gasteiger partial charge in [-0.1, -0.05) is 46.4 Å². The number of nitrogens with zero attached hydrogens (tertiary/aromatic N) is 2. The van der Waals surface area contributed by atoms with Gasteiger partial charge in [0.1, 0.15) is 8.98 Å². The van der Waals surface area contributed by atoms with Crippen LogP contribution in [-0.4, -0.2) is 46.0 Å². The molecule has 2 N–H and O–H groups in total. The van der Waals surface area contributed by atoms with E-state index >= 15 is 0 Å². The van der Waals surface area contributed by atoms with E-state index in [2.05, 4.69) is 10.6 Å². The Hall–Kier alpha value is -0.820. The summed E-state index contributed by atoms with van der Waals surface area (Å²) in [6.07, 6.45) is 2.68. The topological polar surface area (TPSA) is 64.7 Å². The van der Waals surface area contributed by atoms with Crippen LogP contribution >= 0.6 is 46.4 Å². The van der Waals surface area contributed by atoms with E-state index in [1.807, 2.05) is 41.5 Å². The minimum Gasteiger partial charge on any atom is -0.336 e. The fourth-order valence-corrected chi connectivity index (χ4v) is 2.21. The molecule has 0 saturated carbocycles. The van der Waals surface area contributed by atoms with Gasteiger partial charge in [0.25, 0.3) is 0 Å². The monoisotopic (exact) mass is 446 g/mol. The molecule has 0 aromatic carbocycles. The van der Waals surface area contributed by atoms with E-state index in [0.29, 0.717) is 0 Å². The summed E-state index contributed by atoms with van der Waals surface area (Å²) in [5.41, 5.74) is -1.04. The van der Waals surface area contributed by atoms with Gasteiger partial charge in [0.05, 0.1) is 0 Å². The van der Waals surface area contributed by atoms with Crippen LogP contribution in [0.15, 0.2) is 21.4 Å². The molecule has 0 aromatic rings. The van der Waals surface area contributed by atoms with Crippen LogP contribution in [0.3, 0.4) is 0 Å². The number of rotatable bonds is 5. The molecule has 4 amide bonds. The SMILES string of the molecule is CC(C)(C)N(C=C(Cl)Cl)C(=O)NCCNC(=O)N(C=C(Cl)Cl)C(C)(C)C. The molecule has 0 aromatic heterocycles. The summed E-state index contributed by atoms with van der Waals surface area (Å²) >= 11 is 22.6. The zero-order valence-corrected chi connectivity index (χ0v) is 18.8. The van der Waals surface area contributed by atoms with Crippen molar-refractivity contribution in [3.8, 4) is 0 Å². The molecule has 0 rings (SSSR count). The molecule has 0 atom stereocenters. The molecular formula is C16H26Cl4N4O2. The number of urea groups is 2. The van der Waals surface area contributed by atoms with Crippen molar-refractivity contribution in [2.75, 3.05) is 13.1 Å². The Morgan fingerprint density at radius 2 is 1.00 bits per heavy atom. The van der Waals surface area contributed by atoms with Gasteiger partial charge >= 0.3 is 12.1 Å². The van der Waals surface area contributed by atoms with Crippen LogP contribution in [0.4, 0.5) is 9.59 Å². The van der Waals surface area contributed by atoms with Crippen molar-refractivity contribution < 1.29 is 9.59 Å². The van der Waals surface area contributed by atoms with Gasteiger partial charge in [-0.15, -0.1) is 0 Å². The number of hydrogen-bond acceptors (Lipinski definition) is 2. The molecule has 0 aliphatic heterocycles. The molecule has 0 unspecified atom stereocenters. The smallest absolute Gasteiger partial charge is 0.322 e. The first kappa shape index (κ1) is 25.2. The lowest BCUT2D eigenvalue weighted by molar-refractivity contribution is 0.174. The van der Waals surface area contributed by atoms with Crippen molar-refractivity contribution in [1.29, 1.82) is 0 Å². The highest BCUT2D eigenvalue weighted by atomic mass is 35.5. The first-order chi connectivity index (χ1) is 11.7. The predicted octanol–water partition coefficient (Wildman–Crippen LogP) is 5.16. The minimum absolute atomic E-state index is 0.0334. The van der Waals surface area contributed by atoms with E-state index < -0.39 is 11.1 Å². The lowest BCUT2D eigenvalue weighted by atomic mass is 10.1. The van der Waals surface area contributed by atoms with Crippen LogP contribution in [0, 0.1) is 0 Å². The zero-order valence-electron chi connectivity index (χ0n) is 15.8. The Morgan fingerprint density at radius 3 is 1.19 bits per heavy atom. The van der Waals surface area contributed by atoms with Crippen LogP contribution < -0.4 is 10.6 Å². The van der Waals surface area contributed by atoms with E-state index in [1.165, 1.54) is 22.2 Å². The van der Waals surface area contributed by atoms with Crippen molar-refractivity contribution in [3.63, 3.8) is 0 Å². The molecule has 0 radical (unpaired) electrons. The normalized spacial score (nSPS) is 11.3. The van der Waals surface area contributed by atoms with Gasteiger partial charge < -0.3 is 10.6 Å². The predicted molar refractivity (Wildman–Crippen MR) is 110 cm³/mol. The third-order valence-corrected chi connectivity index (χ3v) is 3.40. The Balaban J connectivity index is 4.73. The summed E-state index contributed by atoms with van der Waals surface area (Å²) in [6, 6.07) is -0.774. The van der Waals surface area contributed by atoms with Gasteiger partial charge in [0.15, 0.2) is 0 Å². The third kappa shape index (κ3) is 9.76. The van der Waals surface area contributed by atoms with Gasteiger partial charge in [-0.3, -0.25) is 9.80 Å². The first-order valence-electron chi connectivity index (χ1n) is 7.86. The third-order valence-electron chi connectivity index (χ3n) is 3.01. The second-order valence-corrected chi connectivity index (χ2v) is 9.40. The van der Waals surface area contributed by atoms with Gasteiger partial charge in [0, 0.05) is 36.6 Å². The number of carbonyl (C=O) groups is 2. The van der Waals surface area contributed by atoms with Gasteiger partial charge in [-0.25, -0.2) is 9.59 Å². The lowest BCUT2D eigenvalue weighted by Crippen LogP contribution is -2.50. The molecular weight excluding hydrogens is 422 g/mol. The Bertz CT molecular complexity index is 508. The average molecular weight is 448 g/mol. The van der Waals surface area contributed by atoms with E-state index in [1.54, 1.807) is 0 Å². The fourth-order valence-electron chi connectivity index (χ4n) is 1.82. The molecule has 10 heteroatoms. The maximum absolute atomic E-state index is 12.3. The van der Waals surface area contributed by atoms with Crippen molar-refractivity contribution in [2.45, 2.75) is 52.6 Å². The molecule has 0 spiro atoms. The van der Waals surface area contributed by atoms with Crippen LogP contribution in [0.5, 0.6) is 0 Å². The first-order valence-corrected chi connectivity index (χ1v) is 9.37. The zero-order chi connectivity index (χ0) is 20.7. The molecule has 0 bridgehead atoms.